The molecule has 47 heavy (non-hydrogen) atoms. The number of amides is 4. The molecule has 1 fully saturated rings. The molecule has 0 radical (unpaired) electrons. The molecule has 4 amide bonds. The van der Waals surface area contributed by atoms with E-state index in [4.69, 9.17) is 5.26 Å². The van der Waals surface area contributed by atoms with Crippen LogP contribution in [0, 0.1) is 11.3 Å². The van der Waals surface area contributed by atoms with Crippen LogP contribution in [-0.4, -0.2) is 60.4 Å². The minimum absolute atomic E-state index is 0.0848. The number of piperazine rings is 1. The minimum Gasteiger partial charge on any atom is -0.329 e. The first-order chi connectivity index (χ1) is 22.1. The van der Waals surface area contributed by atoms with Gasteiger partial charge in [-0.15, -0.1) is 0 Å². The number of unbranched alkanes of at least 4 members (excludes halogenated alkanes) is 3. The summed E-state index contributed by atoms with van der Waals surface area (Å²) in [7, 11) is 0. The quantitative estimate of drug-likeness (QED) is 0.209. The van der Waals surface area contributed by atoms with Crippen LogP contribution in [-0.2, 0) is 21.3 Å². The van der Waals surface area contributed by atoms with E-state index < -0.39 is 34.7 Å². The highest BCUT2D eigenvalue weighted by Gasteiger charge is 2.39. The van der Waals surface area contributed by atoms with Crippen LogP contribution in [0.4, 0.5) is 23.7 Å². The fourth-order valence-electron chi connectivity index (χ4n) is 5.97. The number of carbonyl (C=O) groups excluding carboxylic acids is 3. The number of nitriles is 1. The van der Waals surface area contributed by atoms with E-state index >= 15 is 0 Å². The first kappa shape index (κ1) is 35.4. The Balaban J connectivity index is 1.18. The molecule has 0 aliphatic carbocycles. The number of hydrogen-bond donors (Lipinski definition) is 1. The maximum Gasteiger partial charge on any atom is 0.417 e. The number of allylic oxidation sites excluding steroid dienone is 1. The van der Waals surface area contributed by atoms with Crippen molar-refractivity contribution in [3.63, 3.8) is 0 Å². The Morgan fingerprint density at radius 1 is 0.979 bits per heavy atom. The number of nitrogens with zero attached hydrogens (tertiary/aromatic N) is 4. The summed E-state index contributed by atoms with van der Waals surface area (Å²) in [6, 6.07) is 12.3. The molecule has 0 saturated carbocycles. The van der Waals surface area contributed by atoms with Gasteiger partial charge in [-0.3, -0.25) is 14.5 Å². The molecule has 250 valence electrons. The van der Waals surface area contributed by atoms with E-state index in [1.165, 1.54) is 19.1 Å². The number of alkyl halides is 3. The van der Waals surface area contributed by atoms with Gasteiger partial charge in [-0.05, 0) is 88.9 Å². The zero-order valence-corrected chi connectivity index (χ0v) is 27.5. The molecule has 11 heteroatoms. The topological polar surface area (TPSA) is 96.8 Å². The molecule has 0 bridgehead atoms. The molecule has 2 aromatic carbocycles. The number of anilines is 1. The lowest BCUT2D eigenvalue weighted by molar-refractivity contribution is -0.138. The number of imide groups is 1. The van der Waals surface area contributed by atoms with Gasteiger partial charge < -0.3 is 10.2 Å². The molecule has 2 heterocycles. The third-order valence-electron chi connectivity index (χ3n) is 8.93. The standard InChI is InChI=1S/C36H42F3N5O3/c1-24(2)26-11-10-12-28(21-26)35(4,5)41-34(47)43-19-17-42(18-20-43)16-9-7-6-8-13-30-25(3)32(45)44(33(30)46)29-15-14-27(23-40)31(22-29)36(37,38)39/h10-12,14-15,21-22H,1,6-9,13,16-20H2,2-5H3,(H,41,47). The summed E-state index contributed by atoms with van der Waals surface area (Å²) in [5.74, 6) is -1.26. The lowest BCUT2D eigenvalue weighted by atomic mass is 9.92. The predicted octanol–water partition coefficient (Wildman–Crippen LogP) is 7.01. The van der Waals surface area contributed by atoms with Crippen molar-refractivity contribution in [2.45, 2.75) is 71.5 Å². The molecule has 1 saturated heterocycles. The van der Waals surface area contributed by atoms with E-state index in [0.29, 0.717) is 37.6 Å². The Morgan fingerprint density at radius 2 is 1.66 bits per heavy atom. The van der Waals surface area contributed by atoms with Crippen molar-refractivity contribution in [3.8, 4) is 6.07 Å². The summed E-state index contributed by atoms with van der Waals surface area (Å²) in [5.41, 5.74) is 1.09. The van der Waals surface area contributed by atoms with Gasteiger partial charge in [-0.1, -0.05) is 43.2 Å². The summed E-state index contributed by atoms with van der Waals surface area (Å²) >= 11 is 0. The normalized spacial score (nSPS) is 16.1. The molecule has 1 N–H and O–H groups in total. The first-order valence-corrected chi connectivity index (χ1v) is 15.9. The largest absolute Gasteiger partial charge is 0.417 e. The van der Waals surface area contributed by atoms with Gasteiger partial charge in [0.2, 0.25) is 0 Å². The molecular weight excluding hydrogens is 607 g/mol. The zero-order valence-electron chi connectivity index (χ0n) is 27.5. The van der Waals surface area contributed by atoms with E-state index in [0.717, 1.165) is 66.6 Å². The highest BCUT2D eigenvalue weighted by Crippen LogP contribution is 2.37. The van der Waals surface area contributed by atoms with Crippen LogP contribution >= 0.6 is 0 Å². The van der Waals surface area contributed by atoms with E-state index in [1.807, 2.05) is 43.9 Å². The maximum atomic E-state index is 13.4. The number of urea groups is 1. The third kappa shape index (κ3) is 8.30. The van der Waals surface area contributed by atoms with Crippen molar-refractivity contribution in [2.24, 2.45) is 0 Å². The Labute approximate surface area is 274 Å². The van der Waals surface area contributed by atoms with Crippen LogP contribution < -0.4 is 10.2 Å². The Hall–Kier alpha value is -4.43. The lowest BCUT2D eigenvalue weighted by Gasteiger charge is -2.37. The maximum absolute atomic E-state index is 13.4. The SMILES string of the molecule is C=C(C)c1cccc(C(C)(C)NC(=O)N2CCN(CCCCCCC3=C(C)C(=O)N(c4ccc(C#N)c(C(F)(F)F)c4)C3=O)CC2)c1. The van der Waals surface area contributed by atoms with E-state index in [2.05, 4.69) is 22.9 Å². The second-order valence-corrected chi connectivity index (χ2v) is 12.8. The third-order valence-corrected chi connectivity index (χ3v) is 8.93. The summed E-state index contributed by atoms with van der Waals surface area (Å²) in [4.78, 5) is 44.0. The van der Waals surface area contributed by atoms with Crippen LogP contribution in [0.15, 0.2) is 60.2 Å². The first-order valence-electron chi connectivity index (χ1n) is 15.9. The number of nitrogens with one attached hydrogen (secondary N) is 1. The van der Waals surface area contributed by atoms with Gasteiger partial charge in [0, 0.05) is 37.3 Å². The zero-order chi connectivity index (χ0) is 34.5. The Kier molecular flexibility index (Phi) is 11.0. The Morgan fingerprint density at radius 3 is 2.30 bits per heavy atom. The predicted molar refractivity (Wildman–Crippen MR) is 175 cm³/mol. The average Bonchev–Trinajstić information content (AvgIpc) is 3.24. The molecule has 0 spiro atoms. The highest BCUT2D eigenvalue weighted by molar-refractivity contribution is 6.32. The Bertz CT molecular complexity index is 1610. The van der Waals surface area contributed by atoms with Gasteiger partial charge >= 0.3 is 12.2 Å². The monoisotopic (exact) mass is 649 g/mol. The van der Waals surface area contributed by atoms with Crippen molar-refractivity contribution in [1.82, 2.24) is 15.1 Å². The van der Waals surface area contributed by atoms with Crippen molar-refractivity contribution in [3.05, 3.63) is 82.4 Å². The molecular formula is C36H42F3N5O3. The van der Waals surface area contributed by atoms with Crippen LogP contribution in [0.2, 0.25) is 0 Å². The summed E-state index contributed by atoms with van der Waals surface area (Å²) in [6.07, 6.45) is -1.08. The van der Waals surface area contributed by atoms with E-state index in [-0.39, 0.29) is 17.3 Å². The number of carbonyl (C=O) groups is 3. The van der Waals surface area contributed by atoms with Crippen molar-refractivity contribution in [1.29, 1.82) is 5.26 Å². The molecule has 0 unspecified atom stereocenters. The molecule has 2 aliphatic rings. The molecule has 0 atom stereocenters. The van der Waals surface area contributed by atoms with E-state index in [1.54, 1.807) is 0 Å². The van der Waals surface area contributed by atoms with Crippen molar-refractivity contribution in [2.75, 3.05) is 37.6 Å². The van der Waals surface area contributed by atoms with Gasteiger partial charge in [0.05, 0.1) is 28.4 Å². The fourth-order valence-corrected chi connectivity index (χ4v) is 5.97. The second kappa shape index (κ2) is 14.6. The summed E-state index contributed by atoms with van der Waals surface area (Å²) < 4.78 is 40.3. The van der Waals surface area contributed by atoms with Gasteiger partial charge in [0.15, 0.2) is 0 Å². The van der Waals surface area contributed by atoms with Crippen LogP contribution in [0.3, 0.4) is 0 Å². The van der Waals surface area contributed by atoms with Crippen LogP contribution in [0.25, 0.3) is 5.57 Å². The smallest absolute Gasteiger partial charge is 0.329 e. The number of halogens is 3. The lowest BCUT2D eigenvalue weighted by Crippen LogP contribution is -2.55. The van der Waals surface area contributed by atoms with E-state index in [9.17, 15) is 27.6 Å². The molecule has 0 aromatic heterocycles. The summed E-state index contributed by atoms with van der Waals surface area (Å²) in [6.45, 7) is 15.2. The molecule has 2 aromatic rings. The van der Waals surface area contributed by atoms with Crippen molar-refractivity contribution < 1.29 is 27.6 Å². The van der Waals surface area contributed by atoms with Gasteiger partial charge in [0.1, 0.15) is 0 Å². The molecule has 8 nitrogen and oxygen atoms in total. The summed E-state index contributed by atoms with van der Waals surface area (Å²) in [5, 5.41) is 12.2. The van der Waals surface area contributed by atoms with Crippen LogP contribution in [0.5, 0.6) is 0 Å². The highest BCUT2D eigenvalue weighted by atomic mass is 19.4. The number of rotatable bonds is 11. The minimum atomic E-state index is -4.80. The second-order valence-electron chi connectivity index (χ2n) is 12.8. The average molecular weight is 650 g/mol. The van der Waals surface area contributed by atoms with Gasteiger partial charge in [-0.25, -0.2) is 9.69 Å². The fraction of sp³-hybridized carbons (Fsp3) is 0.444. The molecule has 2 aliphatic heterocycles. The van der Waals surface area contributed by atoms with Crippen molar-refractivity contribution >= 4 is 29.1 Å². The number of benzene rings is 2. The number of hydrogen-bond acceptors (Lipinski definition) is 5. The van der Waals surface area contributed by atoms with Gasteiger partial charge in [0.25, 0.3) is 11.8 Å². The molecule has 4 rings (SSSR count). The van der Waals surface area contributed by atoms with Crippen LogP contribution in [0.1, 0.15) is 82.1 Å². The van der Waals surface area contributed by atoms with Gasteiger partial charge in [-0.2, -0.15) is 18.4 Å².